The Balaban J connectivity index is 2.25. The minimum atomic E-state index is -1.25. The van der Waals surface area contributed by atoms with Gasteiger partial charge in [-0.3, -0.25) is 14.4 Å². The second-order valence-corrected chi connectivity index (χ2v) is 8.81. The molecule has 1 heterocycles. The Hall–Kier alpha value is -3.38. The molecule has 0 radical (unpaired) electrons. The average Bonchev–Trinajstić information content (AvgIpc) is 3.34. The van der Waals surface area contributed by atoms with Crippen molar-refractivity contribution in [3.05, 3.63) is 54.1 Å². The molecular weight excluding hydrogens is 472 g/mol. The fourth-order valence-electron chi connectivity index (χ4n) is 3.19. The highest BCUT2D eigenvalue weighted by atomic mass is 32.1. The van der Waals surface area contributed by atoms with E-state index in [2.05, 4.69) is 38.5 Å². The zero-order valence-electron chi connectivity index (χ0n) is 19.6. The van der Waals surface area contributed by atoms with Crippen LogP contribution in [0.15, 0.2) is 42.9 Å². The van der Waals surface area contributed by atoms with E-state index in [4.69, 9.17) is 5.73 Å². The van der Waals surface area contributed by atoms with Crippen molar-refractivity contribution in [1.29, 1.82) is 0 Å². The van der Waals surface area contributed by atoms with E-state index in [0.717, 1.165) is 5.56 Å². The molecular formula is C23H32N6O5S. The van der Waals surface area contributed by atoms with E-state index in [0.29, 0.717) is 5.69 Å². The molecule has 0 aliphatic heterocycles. The fourth-order valence-corrected chi connectivity index (χ4v) is 3.43. The highest BCUT2D eigenvalue weighted by Crippen LogP contribution is 2.07. The number of hydrogen-bond acceptors (Lipinski definition) is 7. The number of carboxylic acids is 1. The Kier molecular flexibility index (Phi) is 10.7. The number of thiol groups is 1. The first kappa shape index (κ1) is 27.9. The largest absolute Gasteiger partial charge is 0.480 e. The Morgan fingerprint density at radius 1 is 0.971 bits per heavy atom. The number of imidazole rings is 1. The Morgan fingerprint density at radius 2 is 1.54 bits per heavy atom. The summed E-state index contributed by atoms with van der Waals surface area (Å²) in [6, 6.07) is 4.73. The molecule has 4 unspecified atom stereocenters. The summed E-state index contributed by atoms with van der Waals surface area (Å²) in [6.07, 6.45) is 3.15. The molecule has 0 spiro atoms. The number of amides is 3. The summed E-state index contributed by atoms with van der Waals surface area (Å²) >= 11 is 3.97. The minimum absolute atomic E-state index is 0.0798. The SMILES string of the molecule is CC(C)C(N)C(=O)NC(Cc1cnc[nH]1)C(=O)NC(Cc1ccccc1)C(=O)NC(CS)C(=O)O. The van der Waals surface area contributed by atoms with Gasteiger partial charge in [-0.05, 0) is 11.5 Å². The summed E-state index contributed by atoms with van der Waals surface area (Å²) < 4.78 is 0. The van der Waals surface area contributed by atoms with Crippen LogP contribution < -0.4 is 21.7 Å². The molecule has 2 rings (SSSR count). The molecule has 0 bridgehead atoms. The van der Waals surface area contributed by atoms with Gasteiger partial charge in [0.2, 0.25) is 17.7 Å². The van der Waals surface area contributed by atoms with Gasteiger partial charge >= 0.3 is 5.97 Å². The van der Waals surface area contributed by atoms with E-state index in [1.165, 1.54) is 12.5 Å². The van der Waals surface area contributed by atoms with Crippen LogP contribution in [0.25, 0.3) is 0 Å². The number of aliphatic carboxylic acids is 1. The zero-order valence-corrected chi connectivity index (χ0v) is 20.5. The van der Waals surface area contributed by atoms with Gasteiger partial charge < -0.3 is 31.8 Å². The smallest absolute Gasteiger partial charge is 0.327 e. The van der Waals surface area contributed by atoms with E-state index < -0.39 is 47.9 Å². The number of carbonyl (C=O) groups excluding carboxylic acids is 3. The van der Waals surface area contributed by atoms with Gasteiger partial charge in [-0.1, -0.05) is 44.2 Å². The lowest BCUT2D eigenvalue weighted by atomic mass is 10.0. The number of carboxylic acid groups (broad SMARTS) is 1. The third-order valence-electron chi connectivity index (χ3n) is 5.35. The summed E-state index contributed by atoms with van der Waals surface area (Å²) in [5.41, 5.74) is 7.28. The van der Waals surface area contributed by atoms with Crippen molar-refractivity contribution in [2.45, 2.75) is 50.9 Å². The van der Waals surface area contributed by atoms with Crippen LogP contribution in [0, 0.1) is 5.92 Å². The van der Waals surface area contributed by atoms with Crippen molar-refractivity contribution in [2.75, 3.05) is 5.75 Å². The van der Waals surface area contributed by atoms with E-state index in [-0.39, 0.29) is 24.5 Å². The molecule has 0 aliphatic rings. The third-order valence-corrected chi connectivity index (χ3v) is 5.71. The van der Waals surface area contributed by atoms with Crippen LogP contribution in [0.3, 0.4) is 0 Å². The van der Waals surface area contributed by atoms with Crippen molar-refractivity contribution in [2.24, 2.45) is 11.7 Å². The van der Waals surface area contributed by atoms with Gasteiger partial charge in [0.05, 0.1) is 12.4 Å². The third kappa shape index (κ3) is 8.72. The molecule has 0 saturated carbocycles. The molecule has 0 saturated heterocycles. The summed E-state index contributed by atoms with van der Waals surface area (Å²) in [5, 5.41) is 17.0. The molecule has 1 aromatic heterocycles. The van der Waals surface area contributed by atoms with Crippen LogP contribution >= 0.6 is 12.6 Å². The number of carbonyl (C=O) groups is 4. The number of nitrogens with two attached hydrogens (primary N) is 1. The lowest BCUT2D eigenvalue weighted by molar-refractivity contribution is -0.141. The Bertz CT molecular complexity index is 986. The maximum atomic E-state index is 13.3. The Labute approximate surface area is 209 Å². The first-order valence-electron chi connectivity index (χ1n) is 11.1. The number of aromatic nitrogens is 2. The number of nitrogens with one attached hydrogen (secondary N) is 4. The molecule has 0 fully saturated rings. The molecule has 11 nitrogen and oxygen atoms in total. The number of H-pyrrole nitrogens is 1. The number of nitrogens with zero attached hydrogens (tertiary/aromatic N) is 1. The van der Waals surface area contributed by atoms with Crippen molar-refractivity contribution in [1.82, 2.24) is 25.9 Å². The first-order chi connectivity index (χ1) is 16.6. The van der Waals surface area contributed by atoms with Crippen molar-refractivity contribution in [3.8, 4) is 0 Å². The standard InChI is InChI=1S/C23H32N6O5S/c1-13(2)19(24)22(32)28-17(9-15-10-25-12-26-15)21(31)27-16(8-14-6-4-3-5-7-14)20(30)29-18(11-35)23(33)34/h3-7,10,12-13,16-19,35H,8-9,11,24H2,1-2H3,(H,25,26)(H,27,31)(H,28,32)(H,29,30)(H,33,34). The van der Waals surface area contributed by atoms with Crippen LogP contribution in [0.4, 0.5) is 0 Å². The van der Waals surface area contributed by atoms with Crippen molar-refractivity contribution >= 4 is 36.3 Å². The lowest BCUT2D eigenvalue weighted by Gasteiger charge is -2.25. The molecule has 3 amide bonds. The summed E-state index contributed by atoms with van der Waals surface area (Å²) in [4.78, 5) is 57.0. The number of aromatic amines is 1. The van der Waals surface area contributed by atoms with Crippen LogP contribution in [0.2, 0.25) is 0 Å². The van der Waals surface area contributed by atoms with Gasteiger partial charge in [0, 0.05) is 30.5 Å². The molecule has 1 aromatic carbocycles. The van der Waals surface area contributed by atoms with Crippen LogP contribution in [-0.4, -0.2) is 68.7 Å². The van der Waals surface area contributed by atoms with E-state index in [9.17, 15) is 24.3 Å². The van der Waals surface area contributed by atoms with Crippen LogP contribution in [0.5, 0.6) is 0 Å². The first-order valence-corrected chi connectivity index (χ1v) is 11.8. The van der Waals surface area contributed by atoms with E-state index in [1.54, 1.807) is 38.1 Å². The van der Waals surface area contributed by atoms with Gasteiger partial charge in [0.1, 0.15) is 18.1 Å². The number of hydrogen-bond donors (Lipinski definition) is 7. The maximum Gasteiger partial charge on any atom is 0.327 e. The van der Waals surface area contributed by atoms with Gasteiger partial charge in [0.15, 0.2) is 0 Å². The highest BCUT2D eigenvalue weighted by molar-refractivity contribution is 7.80. The number of rotatable bonds is 13. The molecule has 7 N–H and O–H groups in total. The lowest BCUT2D eigenvalue weighted by Crippen LogP contribution is -2.58. The summed E-state index contributed by atoms with van der Waals surface area (Å²) in [6.45, 7) is 3.57. The summed E-state index contributed by atoms with van der Waals surface area (Å²) in [5.74, 6) is -3.35. The second kappa shape index (κ2) is 13.5. The highest BCUT2D eigenvalue weighted by Gasteiger charge is 2.31. The molecule has 4 atom stereocenters. The Morgan fingerprint density at radius 3 is 2.06 bits per heavy atom. The van der Waals surface area contributed by atoms with Gasteiger partial charge in [-0.2, -0.15) is 12.6 Å². The second-order valence-electron chi connectivity index (χ2n) is 8.44. The molecule has 2 aromatic rings. The summed E-state index contributed by atoms with van der Waals surface area (Å²) in [7, 11) is 0. The minimum Gasteiger partial charge on any atom is -0.480 e. The molecule has 0 aliphatic carbocycles. The maximum absolute atomic E-state index is 13.3. The molecule has 35 heavy (non-hydrogen) atoms. The molecule has 12 heteroatoms. The predicted octanol–water partition coefficient (Wildman–Crippen LogP) is -0.353. The monoisotopic (exact) mass is 504 g/mol. The topological polar surface area (TPSA) is 179 Å². The van der Waals surface area contributed by atoms with Gasteiger partial charge in [0.25, 0.3) is 0 Å². The fraction of sp³-hybridized carbons (Fsp3) is 0.435. The quantitative estimate of drug-likeness (QED) is 0.182. The van der Waals surface area contributed by atoms with Crippen molar-refractivity contribution < 1.29 is 24.3 Å². The number of benzene rings is 1. The average molecular weight is 505 g/mol. The van der Waals surface area contributed by atoms with E-state index >= 15 is 0 Å². The van der Waals surface area contributed by atoms with Gasteiger partial charge in [-0.25, -0.2) is 9.78 Å². The van der Waals surface area contributed by atoms with Crippen LogP contribution in [0.1, 0.15) is 25.1 Å². The van der Waals surface area contributed by atoms with Crippen molar-refractivity contribution in [3.63, 3.8) is 0 Å². The van der Waals surface area contributed by atoms with Gasteiger partial charge in [-0.15, -0.1) is 0 Å². The predicted molar refractivity (Wildman–Crippen MR) is 133 cm³/mol. The normalized spacial score (nSPS) is 14.4. The van der Waals surface area contributed by atoms with E-state index in [1.807, 2.05) is 6.07 Å². The zero-order chi connectivity index (χ0) is 26.0. The van der Waals surface area contributed by atoms with Crippen LogP contribution in [-0.2, 0) is 32.0 Å². The molecule has 190 valence electrons.